The Kier molecular flexibility index (Phi) is 3.38. The van der Waals surface area contributed by atoms with Crippen molar-refractivity contribution < 1.29 is 4.74 Å². The molecule has 2 aromatic rings. The van der Waals surface area contributed by atoms with Gasteiger partial charge in [0.2, 0.25) is 0 Å². The third-order valence-corrected chi connectivity index (χ3v) is 4.23. The van der Waals surface area contributed by atoms with Gasteiger partial charge in [0.15, 0.2) is 0 Å². The van der Waals surface area contributed by atoms with E-state index in [1.807, 2.05) is 24.4 Å². The summed E-state index contributed by atoms with van der Waals surface area (Å²) in [6.07, 6.45) is 6.72. The number of fused-ring (bicyclic) bond motifs is 1. The Balaban J connectivity index is 1.82. The number of nitrogens with two attached hydrogens (primary N) is 1. The van der Waals surface area contributed by atoms with Crippen LogP contribution >= 0.6 is 0 Å². The fourth-order valence-electron chi connectivity index (χ4n) is 2.96. The summed E-state index contributed by atoms with van der Waals surface area (Å²) in [6, 6.07) is 10.1. The van der Waals surface area contributed by atoms with Gasteiger partial charge in [0, 0.05) is 23.5 Å². The number of para-hydroxylation sites is 1. The molecule has 0 radical (unpaired) electrons. The van der Waals surface area contributed by atoms with Gasteiger partial charge in [-0.2, -0.15) is 0 Å². The molecule has 0 aliphatic heterocycles. The highest BCUT2D eigenvalue weighted by molar-refractivity contribution is 5.84. The second-order valence-corrected chi connectivity index (χ2v) is 5.53. The smallest absolute Gasteiger partial charge is 0.145 e. The Morgan fingerprint density at radius 3 is 2.74 bits per heavy atom. The fraction of sp³-hybridized carbons (Fsp3) is 0.438. The highest BCUT2D eigenvalue weighted by Crippen LogP contribution is 2.38. The van der Waals surface area contributed by atoms with Crippen molar-refractivity contribution in [1.29, 1.82) is 0 Å². The zero-order valence-corrected chi connectivity index (χ0v) is 11.1. The second-order valence-electron chi connectivity index (χ2n) is 5.53. The van der Waals surface area contributed by atoms with Crippen LogP contribution < -0.4 is 10.5 Å². The van der Waals surface area contributed by atoms with Crippen LogP contribution in [0.2, 0.25) is 0 Å². The molecule has 2 N–H and O–H groups in total. The first kappa shape index (κ1) is 12.4. The first-order chi connectivity index (χ1) is 9.33. The molecule has 1 aromatic heterocycles. The van der Waals surface area contributed by atoms with Crippen LogP contribution in [0.5, 0.6) is 5.75 Å². The van der Waals surface area contributed by atoms with Gasteiger partial charge in [-0.3, -0.25) is 4.98 Å². The van der Waals surface area contributed by atoms with Crippen LogP contribution in [-0.2, 0) is 0 Å². The summed E-state index contributed by atoms with van der Waals surface area (Å²) in [5.41, 5.74) is 7.07. The van der Waals surface area contributed by atoms with Crippen molar-refractivity contribution in [3.05, 3.63) is 36.5 Å². The Morgan fingerprint density at radius 2 is 1.95 bits per heavy atom. The average Bonchev–Trinajstić information content (AvgIpc) is 2.94. The Labute approximate surface area is 113 Å². The van der Waals surface area contributed by atoms with Crippen LogP contribution in [-0.4, -0.2) is 18.1 Å². The van der Waals surface area contributed by atoms with E-state index in [1.54, 1.807) is 0 Å². The van der Waals surface area contributed by atoms with E-state index in [1.165, 1.54) is 25.7 Å². The summed E-state index contributed by atoms with van der Waals surface area (Å²) in [6.45, 7) is 1.42. The van der Waals surface area contributed by atoms with Crippen LogP contribution in [0.1, 0.15) is 25.7 Å². The van der Waals surface area contributed by atoms with Crippen molar-refractivity contribution in [2.45, 2.75) is 25.7 Å². The van der Waals surface area contributed by atoms with Gasteiger partial charge in [0.1, 0.15) is 11.3 Å². The number of hydrogen-bond acceptors (Lipinski definition) is 3. The standard InChI is InChI=1S/C16H20N2O/c17-11-16(8-1-2-9-16)12-19-14-7-3-5-13-6-4-10-18-15(13)14/h3-7,10H,1-2,8-9,11-12,17H2. The minimum absolute atomic E-state index is 0.178. The van der Waals surface area contributed by atoms with Gasteiger partial charge in [-0.1, -0.05) is 31.0 Å². The lowest BCUT2D eigenvalue weighted by Crippen LogP contribution is -2.33. The third kappa shape index (κ3) is 2.43. The first-order valence-electron chi connectivity index (χ1n) is 7.00. The quantitative estimate of drug-likeness (QED) is 0.914. The summed E-state index contributed by atoms with van der Waals surface area (Å²) in [4.78, 5) is 4.42. The Morgan fingerprint density at radius 1 is 1.16 bits per heavy atom. The third-order valence-electron chi connectivity index (χ3n) is 4.23. The predicted molar refractivity (Wildman–Crippen MR) is 77.2 cm³/mol. The van der Waals surface area contributed by atoms with Crippen LogP contribution in [0, 0.1) is 5.41 Å². The molecule has 3 nitrogen and oxygen atoms in total. The van der Waals surface area contributed by atoms with Crippen molar-refractivity contribution in [2.24, 2.45) is 11.1 Å². The average molecular weight is 256 g/mol. The van der Waals surface area contributed by atoms with Gasteiger partial charge in [0.05, 0.1) is 6.61 Å². The van der Waals surface area contributed by atoms with E-state index in [-0.39, 0.29) is 5.41 Å². The molecule has 0 unspecified atom stereocenters. The molecule has 3 heteroatoms. The topological polar surface area (TPSA) is 48.1 Å². The molecule has 1 aromatic carbocycles. The monoisotopic (exact) mass is 256 g/mol. The molecule has 1 heterocycles. The molecule has 1 fully saturated rings. The summed E-state index contributed by atoms with van der Waals surface area (Å²) >= 11 is 0. The number of pyridine rings is 1. The lowest BCUT2D eigenvalue weighted by molar-refractivity contribution is 0.158. The predicted octanol–water partition coefficient (Wildman–Crippen LogP) is 3.13. The number of nitrogens with zero attached hydrogens (tertiary/aromatic N) is 1. The maximum Gasteiger partial charge on any atom is 0.145 e. The minimum atomic E-state index is 0.178. The largest absolute Gasteiger partial charge is 0.491 e. The fourth-order valence-corrected chi connectivity index (χ4v) is 2.96. The minimum Gasteiger partial charge on any atom is -0.491 e. The van der Waals surface area contributed by atoms with Crippen molar-refractivity contribution in [2.75, 3.05) is 13.2 Å². The summed E-state index contributed by atoms with van der Waals surface area (Å²) in [5.74, 6) is 0.873. The second kappa shape index (κ2) is 5.17. The van der Waals surface area contributed by atoms with E-state index in [0.29, 0.717) is 13.2 Å². The summed E-state index contributed by atoms with van der Waals surface area (Å²) in [5, 5.41) is 1.12. The molecule has 100 valence electrons. The maximum absolute atomic E-state index is 6.05. The van der Waals surface area contributed by atoms with E-state index >= 15 is 0 Å². The molecular formula is C16H20N2O. The Hall–Kier alpha value is -1.61. The molecule has 1 aliphatic carbocycles. The molecule has 0 amide bonds. The van der Waals surface area contributed by atoms with E-state index in [0.717, 1.165) is 16.7 Å². The van der Waals surface area contributed by atoms with Gasteiger partial charge in [-0.15, -0.1) is 0 Å². The van der Waals surface area contributed by atoms with Crippen LogP contribution in [0.15, 0.2) is 36.5 Å². The van der Waals surface area contributed by atoms with Gasteiger partial charge < -0.3 is 10.5 Å². The lowest BCUT2D eigenvalue weighted by Gasteiger charge is -2.27. The van der Waals surface area contributed by atoms with Crippen LogP contribution in [0.25, 0.3) is 10.9 Å². The zero-order valence-electron chi connectivity index (χ0n) is 11.1. The molecule has 0 atom stereocenters. The molecule has 1 saturated carbocycles. The highest BCUT2D eigenvalue weighted by atomic mass is 16.5. The van der Waals surface area contributed by atoms with Gasteiger partial charge in [-0.25, -0.2) is 0 Å². The van der Waals surface area contributed by atoms with Gasteiger partial charge >= 0.3 is 0 Å². The van der Waals surface area contributed by atoms with Gasteiger partial charge in [0.25, 0.3) is 0 Å². The zero-order chi connectivity index (χ0) is 13.1. The Bertz CT molecular complexity index is 556. The SMILES string of the molecule is NCC1(COc2cccc3cccnc23)CCCC1. The highest BCUT2D eigenvalue weighted by Gasteiger charge is 2.33. The van der Waals surface area contributed by atoms with Crippen molar-refractivity contribution >= 4 is 10.9 Å². The van der Waals surface area contributed by atoms with E-state index in [9.17, 15) is 0 Å². The summed E-state index contributed by atoms with van der Waals surface area (Å²) in [7, 11) is 0. The maximum atomic E-state index is 6.05. The van der Waals surface area contributed by atoms with E-state index in [4.69, 9.17) is 10.5 Å². The van der Waals surface area contributed by atoms with Crippen LogP contribution in [0.3, 0.4) is 0 Å². The van der Waals surface area contributed by atoms with Crippen molar-refractivity contribution in [3.8, 4) is 5.75 Å². The molecule has 19 heavy (non-hydrogen) atoms. The van der Waals surface area contributed by atoms with Gasteiger partial charge in [-0.05, 0) is 25.0 Å². The molecular weight excluding hydrogens is 236 g/mol. The first-order valence-corrected chi connectivity index (χ1v) is 7.00. The molecule has 0 saturated heterocycles. The van der Waals surface area contributed by atoms with Crippen LogP contribution in [0.4, 0.5) is 0 Å². The van der Waals surface area contributed by atoms with E-state index < -0.39 is 0 Å². The molecule has 3 rings (SSSR count). The number of ether oxygens (including phenoxy) is 1. The van der Waals surface area contributed by atoms with E-state index in [2.05, 4.69) is 17.1 Å². The number of benzene rings is 1. The van der Waals surface area contributed by atoms with Crippen molar-refractivity contribution in [3.63, 3.8) is 0 Å². The molecule has 1 aliphatic rings. The molecule has 0 spiro atoms. The summed E-state index contributed by atoms with van der Waals surface area (Å²) < 4.78 is 6.05. The van der Waals surface area contributed by atoms with Crippen molar-refractivity contribution in [1.82, 2.24) is 4.98 Å². The number of aromatic nitrogens is 1. The normalized spacial score (nSPS) is 17.7. The molecule has 0 bridgehead atoms. The number of hydrogen-bond donors (Lipinski definition) is 1. The number of rotatable bonds is 4. The lowest BCUT2D eigenvalue weighted by atomic mass is 9.87.